The average molecular weight is 406 g/mol. The molecule has 5 nitrogen and oxygen atoms in total. The van der Waals surface area contributed by atoms with Gasteiger partial charge in [0.2, 0.25) is 5.91 Å². The highest BCUT2D eigenvalue weighted by Gasteiger charge is 2.34. The summed E-state index contributed by atoms with van der Waals surface area (Å²) in [5.74, 6) is -0.355. The molecule has 0 unspecified atom stereocenters. The number of ether oxygens (including phenoxy) is 2. The molecule has 0 aromatic heterocycles. The Morgan fingerprint density at radius 1 is 1.17 bits per heavy atom. The van der Waals surface area contributed by atoms with Gasteiger partial charge in [-0.15, -0.1) is 0 Å². The van der Waals surface area contributed by atoms with E-state index in [1.807, 2.05) is 25.1 Å². The van der Waals surface area contributed by atoms with Gasteiger partial charge in [0.15, 0.2) is 0 Å². The summed E-state index contributed by atoms with van der Waals surface area (Å²) >= 11 is 0. The monoisotopic (exact) mass is 405 g/mol. The fraction of sp³-hybridized carbons (Fsp3) is 0.708. The molecule has 0 bridgehead atoms. The Hall–Kier alpha value is -1.43. The van der Waals surface area contributed by atoms with Crippen molar-refractivity contribution >= 4 is 11.6 Å². The Morgan fingerprint density at radius 2 is 1.83 bits per heavy atom. The molecule has 1 aromatic carbocycles. The number of rotatable bonds is 9. The van der Waals surface area contributed by atoms with Crippen molar-refractivity contribution in [3.05, 3.63) is 29.8 Å². The van der Waals surface area contributed by atoms with Gasteiger partial charge < -0.3 is 14.6 Å². The van der Waals surface area contributed by atoms with Gasteiger partial charge in [0.1, 0.15) is 6.73 Å². The molecule has 29 heavy (non-hydrogen) atoms. The Kier molecular flexibility index (Phi) is 9.12. The van der Waals surface area contributed by atoms with Crippen molar-refractivity contribution in [2.24, 2.45) is 11.8 Å². The molecule has 1 aliphatic rings. The van der Waals surface area contributed by atoms with E-state index in [4.69, 9.17) is 9.47 Å². The fourth-order valence-electron chi connectivity index (χ4n) is 4.17. The maximum Gasteiger partial charge on any atom is 0.234 e. The number of aliphatic hydroxyl groups excluding tert-OH is 1. The summed E-state index contributed by atoms with van der Waals surface area (Å²) in [6.45, 7) is 9.31. The molecule has 5 heteroatoms. The van der Waals surface area contributed by atoms with Gasteiger partial charge in [-0.3, -0.25) is 9.69 Å². The predicted molar refractivity (Wildman–Crippen MR) is 117 cm³/mol. The van der Waals surface area contributed by atoms with E-state index in [0.29, 0.717) is 13.2 Å². The van der Waals surface area contributed by atoms with Crippen molar-refractivity contribution in [1.29, 1.82) is 0 Å². The second-order valence-electron chi connectivity index (χ2n) is 9.24. The summed E-state index contributed by atoms with van der Waals surface area (Å²) in [6, 6.07) is 7.98. The first-order chi connectivity index (χ1) is 13.8. The van der Waals surface area contributed by atoms with E-state index in [9.17, 15) is 9.90 Å². The smallest absolute Gasteiger partial charge is 0.234 e. The van der Waals surface area contributed by atoms with Gasteiger partial charge in [-0.25, -0.2) is 0 Å². The zero-order valence-electron chi connectivity index (χ0n) is 18.8. The normalized spacial score (nSPS) is 17.7. The van der Waals surface area contributed by atoms with Gasteiger partial charge in [0, 0.05) is 12.8 Å². The van der Waals surface area contributed by atoms with Gasteiger partial charge in [-0.1, -0.05) is 65.2 Å². The van der Waals surface area contributed by atoms with Crippen molar-refractivity contribution in [3.8, 4) is 0 Å². The maximum atomic E-state index is 13.5. The second-order valence-corrected chi connectivity index (χ2v) is 9.24. The van der Waals surface area contributed by atoms with Crippen LogP contribution in [0.2, 0.25) is 0 Å². The lowest BCUT2D eigenvalue weighted by molar-refractivity contribution is -0.128. The molecule has 0 saturated heterocycles. The molecule has 2 atom stereocenters. The molecule has 1 fully saturated rings. The van der Waals surface area contributed by atoms with Gasteiger partial charge in [0.05, 0.1) is 25.2 Å². The lowest BCUT2D eigenvalue weighted by Crippen LogP contribution is -2.44. The highest BCUT2D eigenvalue weighted by Crippen LogP contribution is 2.34. The zero-order valence-corrected chi connectivity index (χ0v) is 18.8. The Balaban J connectivity index is 2.26. The van der Waals surface area contributed by atoms with Crippen LogP contribution in [0.3, 0.4) is 0 Å². The summed E-state index contributed by atoms with van der Waals surface area (Å²) in [7, 11) is 1.63. The first-order valence-corrected chi connectivity index (χ1v) is 10.9. The van der Waals surface area contributed by atoms with Crippen LogP contribution in [0.1, 0.15) is 65.4 Å². The molecular weight excluding hydrogens is 366 g/mol. The number of carbonyl (C=O) groups is 1. The number of benzene rings is 1. The number of hydrogen-bond donors (Lipinski definition) is 1. The number of nitrogens with zero attached hydrogens (tertiary/aromatic N) is 1. The third-order valence-electron chi connectivity index (χ3n) is 5.96. The van der Waals surface area contributed by atoms with Crippen molar-refractivity contribution < 1.29 is 19.4 Å². The van der Waals surface area contributed by atoms with E-state index in [2.05, 4.69) is 26.8 Å². The Bertz CT molecular complexity index is 634. The lowest BCUT2D eigenvalue weighted by Gasteiger charge is -2.35. The van der Waals surface area contributed by atoms with Crippen molar-refractivity contribution in [1.82, 2.24) is 0 Å². The molecule has 1 aliphatic carbocycles. The zero-order chi connectivity index (χ0) is 21.4. The molecule has 0 heterocycles. The molecule has 0 radical (unpaired) electrons. The molecular formula is C24H39NO4. The van der Waals surface area contributed by atoms with Crippen molar-refractivity contribution in [2.45, 2.75) is 71.3 Å². The number of carbonyl (C=O) groups excluding carboxylic acids is 1. The molecule has 0 aliphatic heterocycles. The van der Waals surface area contributed by atoms with Crippen LogP contribution < -0.4 is 4.90 Å². The predicted octanol–water partition coefficient (Wildman–Crippen LogP) is 4.51. The van der Waals surface area contributed by atoms with Crippen LogP contribution in [0, 0.1) is 11.8 Å². The van der Waals surface area contributed by atoms with E-state index >= 15 is 0 Å². The molecule has 2 rings (SSSR count). The van der Waals surface area contributed by atoms with Crippen LogP contribution >= 0.6 is 0 Å². The highest BCUT2D eigenvalue weighted by molar-refractivity contribution is 5.96. The number of anilines is 1. The third-order valence-corrected chi connectivity index (χ3v) is 5.96. The molecule has 1 saturated carbocycles. The average Bonchev–Trinajstić information content (AvgIpc) is 2.72. The number of hydrogen-bond acceptors (Lipinski definition) is 4. The van der Waals surface area contributed by atoms with Gasteiger partial charge in [0.25, 0.3) is 0 Å². The minimum absolute atomic E-state index is 0.0859. The maximum absolute atomic E-state index is 13.5. The topological polar surface area (TPSA) is 59.0 Å². The highest BCUT2D eigenvalue weighted by atomic mass is 16.5. The van der Waals surface area contributed by atoms with Crippen LogP contribution in [0.5, 0.6) is 0 Å². The van der Waals surface area contributed by atoms with Gasteiger partial charge >= 0.3 is 0 Å². The number of para-hydroxylation sites is 1. The third kappa shape index (κ3) is 6.53. The molecule has 1 N–H and O–H groups in total. The largest absolute Gasteiger partial charge is 0.392 e. The minimum atomic E-state index is -0.619. The van der Waals surface area contributed by atoms with E-state index in [0.717, 1.165) is 36.9 Å². The summed E-state index contributed by atoms with van der Waals surface area (Å²) in [5, 5.41) is 10.9. The Labute approximate surface area is 176 Å². The van der Waals surface area contributed by atoms with Gasteiger partial charge in [-0.05, 0) is 35.8 Å². The van der Waals surface area contributed by atoms with E-state index in [-0.39, 0.29) is 24.0 Å². The molecule has 1 amide bonds. The quantitative estimate of drug-likeness (QED) is 0.485. The first-order valence-electron chi connectivity index (χ1n) is 10.9. The Morgan fingerprint density at radius 3 is 2.45 bits per heavy atom. The molecule has 1 aromatic rings. The summed E-state index contributed by atoms with van der Waals surface area (Å²) < 4.78 is 10.8. The minimum Gasteiger partial charge on any atom is -0.392 e. The summed E-state index contributed by atoms with van der Waals surface area (Å²) in [4.78, 5) is 15.2. The van der Waals surface area contributed by atoms with Crippen LogP contribution in [-0.2, 0) is 19.7 Å². The number of methoxy groups -OCH3 is 1. The van der Waals surface area contributed by atoms with Crippen molar-refractivity contribution in [2.75, 3.05) is 32.0 Å². The van der Waals surface area contributed by atoms with Crippen LogP contribution in [0.25, 0.3) is 0 Å². The summed E-state index contributed by atoms with van der Waals surface area (Å²) in [6.07, 6.45) is 4.89. The fourth-order valence-corrected chi connectivity index (χ4v) is 4.17. The molecule has 0 spiro atoms. The van der Waals surface area contributed by atoms with E-state index in [1.165, 1.54) is 6.42 Å². The second kappa shape index (κ2) is 11.1. The van der Waals surface area contributed by atoms with Gasteiger partial charge in [-0.2, -0.15) is 0 Å². The SMILES string of the molecule is COCCOCN(C(=O)[C@@H](C)[C@@H](O)C1CCCCC1)c1ccccc1C(C)(C)C. The lowest BCUT2D eigenvalue weighted by atomic mass is 9.80. The standard InChI is InChI=1S/C24H39NO4/c1-18(22(26)19-11-7-6-8-12-19)23(27)25(17-29-16-15-28-5)21-14-10-9-13-20(21)24(2,3)4/h9-10,13-14,18-19,22,26H,6-8,11-12,15-17H2,1-5H3/t18-,22+/m0/s1. The van der Waals surface area contributed by atoms with Crippen LogP contribution in [0.15, 0.2) is 24.3 Å². The number of amides is 1. The summed E-state index contributed by atoms with van der Waals surface area (Å²) in [5.41, 5.74) is 1.82. The first kappa shape index (κ1) is 23.8. The number of aliphatic hydroxyl groups is 1. The van der Waals surface area contributed by atoms with Crippen LogP contribution in [-0.4, -0.2) is 44.2 Å². The van der Waals surface area contributed by atoms with Crippen LogP contribution in [0.4, 0.5) is 5.69 Å². The van der Waals surface area contributed by atoms with E-state index < -0.39 is 12.0 Å². The van der Waals surface area contributed by atoms with Crippen molar-refractivity contribution in [3.63, 3.8) is 0 Å². The van der Waals surface area contributed by atoms with E-state index in [1.54, 1.807) is 12.0 Å². The molecule has 164 valence electrons.